The second kappa shape index (κ2) is 6.05. The van der Waals surface area contributed by atoms with Crippen LogP contribution in [-0.4, -0.2) is 44.5 Å². The molecule has 1 aliphatic rings. The number of rotatable bonds is 3. The van der Waals surface area contributed by atoms with Crippen LogP contribution < -0.4 is 5.73 Å². The Hall–Kier alpha value is -2.57. The Bertz CT molecular complexity index is 718. The minimum atomic E-state index is -0.401. The van der Waals surface area contributed by atoms with Crippen LogP contribution in [-0.2, 0) is 4.79 Å². The van der Waals surface area contributed by atoms with Gasteiger partial charge >= 0.3 is 0 Å². The molecule has 0 saturated carbocycles. The number of nitrogens with zero attached hydrogens (tertiary/aromatic N) is 4. The molecule has 2 aromatic rings. The summed E-state index contributed by atoms with van der Waals surface area (Å²) >= 11 is 0. The molecule has 114 valence electrons. The molecule has 0 aliphatic carbocycles. The molecule has 1 saturated heterocycles. The molecule has 1 aromatic carbocycles. The summed E-state index contributed by atoms with van der Waals surface area (Å²) < 4.78 is 0. The highest BCUT2D eigenvalue weighted by Crippen LogP contribution is 2.21. The van der Waals surface area contributed by atoms with Crippen LogP contribution in [0.3, 0.4) is 0 Å². The number of primary amides is 1. The Balaban J connectivity index is 1.87. The number of nitrogens with two attached hydrogens (primary N) is 1. The van der Waals surface area contributed by atoms with Gasteiger partial charge in [-0.3, -0.25) is 9.59 Å². The normalized spacial score (nSPS) is 18.4. The van der Waals surface area contributed by atoms with E-state index in [1.807, 2.05) is 12.1 Å². The number of likely N-dealkylation sites (tertiary alicyclic amines) is 1. The average Bonchev–Trinajstić information content (AvgIpc) is 2.54. The average molecular weight is 299 g/mol. The second-order valence-electron chi connectivity index (χ2n) is 5.44. The van der Waals surface area contributed by atoms with E-state index >= 15 is 0 Å². The topological polar surface area (TPSA) is 102 Å². The number of amides is 2. The molecular weight excluding hydrogens is 282 g/mol. The SMILES string of the molecule is NC(=O)CC1CCCCN1C(=O)c1nnc2ccccc2n1. The first-order valence-corrected chi connectivity index (χ1v) is 7.34. The summed E-state index contributed by atoms with van der Waals surface area (Å²) in [6.45, 7) is 0.590. The third-order valence-corrected chi connectivity index (χ3v) is 3.88. The molecule has 7 heteroatoms. The summed E-state index contributed by atoms with van der Waals surface area (Å²) in [5.41, 5.74) is 6.55. The lowest BCUT2D eigenvalue weighted by molar-refractivity contribution is -0.119. The van der Waals surface area contributed by atoms with Crippen molar-refractivity contribution in [2.24, 2.45) is 5.73 Å². The van der Waals surface area contributed by atoms with E-state index in [4.69, 9.17) is 5.73 Å². The van der Waals surface area contributed by atoms with Crippen molar-refractivity contribution in [2.75, 3.05) is 6.54 Å². The molecule has 2 amide bonds. The second-order valence-corrected chi connectivity index (χ2v) is 5.44. The molecule has 7 nitrogen and oxygen atoms in total. The molecule has 1 unspecified atom stereocenters. The molecule has 1 aromatic heterocycles. The van der Waals surface area contributed by atoms with Gasteiger partial charge in [-0.1, -0.05) is 12.1 Å². The van der Waals surface area contributed by atoms with Crippen LogP contribution in [0, 0.1) is 0 Å². The lowest BCUT2D eigenvalue weighted by atomic mass is 9.99. The molecule has 1 atom stereocenters. The number of benzene rings is 1. The van der Waals surface area contributed by atoms with Gasteiger partial charge < -0.3 is 10.6 Å². The van der Waals surface area contributed by atoms with Crippen LogP contribution in [0.25, 0.3) is 11.0 Å². The predicted octanol–water partition coefficient (Wildman–Crippen LogP) is 0.895. The van der Waals surface area contributed by atoms with Crippen LogP contribution in [0.4, 0.5) is 0 Å². The quantitative estimate of drug-likeness (QED) is 0.907. The fourth-order valence-corrected chi connectivity index (χ4v) is 2.81. The van der Waals surface area contributed by atoms with Crippen molar-refractivity contribution in [3.8, 4) is 0 Å². The predicted molar refractivity (Wildman–Crippen MR) is 79.8 cm³/mol. The zero-order valence-corrected chi connectivity index (χ0v) is 12.1. The highest BCUT2D eigenvalue weighted by Gasteiger charge is 2.30. The van der Waals surface area contributed by atoms with Crippen LogP contribution in [0.5, 0.6) is 0 Å². The van der Waals surface area contributed by atoms with Gasteiger partial charge in [0, 0.05) is 19.0 Å². The van der Waals surface area contributed by atoms with Crippen molar-refractivity contribution in [3.05, 3.63) is 30.1 Å². The van der Waals surface area contributed by atoms with Crippen LogP contribution >= 0.6 is 0 Å². The standard InChI is InChI=1S/C15H17N5O2/c16-13(21)9-10-5-3-4-8-20(10)15(22)14-17-11-6-1-2-7-12(11)18-19-14/h1-2,6-7,10H,3-5,8-9H2,(H2,16,21). The van der Waals surface area contributed by atoms with E-state index in [2.05, 4.69) is 15.2 Å². The maximum absolute atomic E-state index is 12.6. The number of hydrogen-bond donors (Lipinski definition) is 1. The Morgan fingerprint density at radius 3 is 2.73 bits per heavy atom. The van der Waals surface area contributed by atoms with E-state index in [0.717, 1.165) is 19.3 Å². The van der Waals surface area contributed by atoms with E-state index in [1.54, 1.807) is 17.0 Å². The lowest BCUT2D eigenvalue weighted by Crippen LogP contribution is -2.46. The maximum Gasteiger partial charge on any atom is 0.293 e. The number of aromatic nitrogens is 3. The third-order valence-electron chi connectivity index (χ3n) is 3.88. The molecule has 0 spiro atoms. The van der Waals surface area contributed by atoms with Crippen LogP contribution in [0.2, 0.25) is 0 Å². The largest absolute Gasteiger partial charge is 0.370 e. The number of hydrogen-bond acceptors (Lipinski definition) is 5. The molecular formula is C15H17N5O2. The van der Waals surface area contributed by atoms with Crippen LogP contribution in [0.15, 0.2) is 24.3 Å². The van der Waals surface area contributed by atoms with Crippen molar-refractivity contribution < 1.29 is 9.59 Å². The summed E-state index contributed by atoms with van der Waals surface area (Å²) in [6.07, 6.45) is 2.84. The monoisotopic (exact) mass is 299 g/mol. The summed E-state index contributed by atoms with van der Waals surface area (Å²) in [7, 11) is 0. The molecule has 22 heavy (non-hydrogen) atoms. The fourth-order valence-electron chi connectivity index (χ4n) is 2.81. The van der Waals surface area contributed by atoms with Gasteiger partial charge in [0.2, 0.25) is 11.7 Å². The van der Waals surface area contributed by atoms with Gasteiger partial charge in [0.05, 0.1) is 5.52 Å². The molecule has 2 heterocycles. The van der Waals surface area contributed by atoms with Gasteiger partial charge in [0.1, 0.15) is 5.52 Å². The number of fused-ring (bicyclic) bond motifs is 1. The first kappa shape index (κ1) is 14.4. The van der Waals surface area contributed by atoms with Gasteiger partial charge in [-0.05, 0) is 31.4 Å². The van der Waals surface area contributed by atoms with Gasteiger partial charge in [-0.25, -0.2) is 4.98 Å². The summed E-state index contributed by atoms with van der Waals surface area (Å²) in [5, 5.41) is 7.96. The summed E-state index contributed by atoms with van der Waals surface area (Å²) in [5.74, 6) is -0.624. The molecule has 1 fully saturated rings. The van der Waals surface area contributed by atoms with Gasteiger partial charge in [0.15, 0.2) is 0 Å². The van der Waals surface area contributed by atoms with E-state index in [9.17, 15) is 9.59 Å². The Morgan fingerprint density at radius 1 is 1.18 bits per heavy atom. The molecule has 0 radical (unpaired) electrons. The number of carbonyl (C=O) groups is 2. The van der Waals surface area contributed by atoms with Gasteiger partial charge in [-0.15, -0.1) is 10.2 Å². The smallest absolute Gasteiger partial charge is 0.293 e. The van der Waals surface area contributed by atoms with Crippen molar-refractivity contribution >= 4 is 22.8 Å². The minimum Gasteiger partial charge on any atom is -0.370 e. The highest BCUT2D eigenvalue weighted by molar-refractivity contribution is 5.92. The zero-order chi connectivity index (χ0) is 15.5. The highest BCUT2D eigenvalue weighted by atomic mass is 16.2. The summed E-state index contributed by atoms with van der Waals surface area (Å²) in [6, 6.07) is 7.09. The Morgan fingerprint density at radius 2 is 1.95 bits per heavy atom. The number of para-hydroxylation sites is 1. The summed E-state index contributed by atoms with van der Waals surface area (Å²) in [4.78, 5) is 29.8. The fraction of sp³-hybridized carbons (Fsp3) is 0.400. The Labute approximate surface area is 127 Å². The Kier molecular flexibility index (Phi) is 3.95. The first-order valence-electron chi connectivity index (χ1n) is 7.34. The van der Waals surface area contributed by atoms with Crippen molar-refractivity contribution in [3.63, 3.8) is 0 Å². The third kappa shape index (κ3) is 2.88. The maximum atomic E-state index is 12.6. The van der Waals surface area contributed by atoms with Gasteiger partial charge in [0.25, 0.3) is 5.91 Å². The molecule has 0 bridgehead atoms. The van der Waals surface area contributed by atoms with Gasteiger partial charge in [-0.2, -0.15) is 0 Å². The number of piperidine rings is 1. The van der Waals surface area contributed by atoms with E-state index < -0.39 is 5.91 Å². The van der Waals surface area contributed by atoms with Crippen molar-refractivity contribution in [1.82, 2.24) is 20.1 Å². The van der Waals surface area contributed by atoms with Crippen molar-refractivity contribution in [1.29, 1.82) is 0 Å². The molecule has 3 rings (SSSR count). The zero-order valence-electron chi connectivity index (χ0n) is 12.1. The number of carbonyl (C=O) groups excluding carboxylic acids is 2. The van der Waals surface area contributed by atoms with Crippen molar-refractivity contribution in [2.45, 2.75) is 31.7 Å². The van der Waals surface area contributed by atoms with E-state index in [0.29, 0.717) is 17.6 Å². The molecule has 1 aliphatic heterocycles. The van der Waals surface area contributed by atoms with E-state index in [-0.39, 0.29) is 24.2 Å². The lowest BCUT2D eigenvalue weighted by Gasteiger charge is -2.34. The van der Waals surface area contributed by atoms with Crippen LogP contribution in [0.1, 0.15) is 36.3 Å². The minimum absolute atomic E-state index is 0.0649. The van der Waals surface area contributed by atoms with E-state index in [1.165, 1.54) is 0 Å². The first-order chi connectivity index (χ1) is 10.6. The molecule has 2 N–H and O–H groups in total.